The van der Waals surface area contributed by atoms with Gasteiger partial charge in [0, 0.05) is 49.3 Å². The van der Waals surface area contributed by atoms with Crippen molar-refractivity contribution in [3.63, 3.8) is 0 Å². The fourth-order valence-electron chi connectivity index (χ4n) is 8.27. The fraction of sp³-hybridized carbons (Fsp3) is 0. The summed E-state index contributed by atoms with van der Waals surface area (Å²) < 4.78 is 11.2. The molecular weight excluding hydrogens is 621 g/mol. The lowest BCUT2D eigenvalue weighted by atomic mass is 10.0. The molecule has 0 amide bonds. The molecule has 0 unspecified atom stereocenters. The van der Waals surface area contributed by atoms with Crippen LogP contribution in [0.1, 0.15) is 0 Å². The second-order valence-corrected chi connectivity index (χ2v) is 13.3. The Morgan fingerprint density at radius 2 is 0.804 bits per heavy atom. The highest BCUT2D eigenvalue weighted by atomic mass is 16.3. The second kappa shape index (κ2) is 10.8. The van der Waals surface area contributed by atoms with Gasteiger partial charge in [0.2, 0.25) is 0 Å². The van der Waals surface area contributed by atoms with Crippen molar-refractivity contribution < 1.29 is 4.42 Å². The minimum absolute atomic E-state index is 0.915. The van der Waals surface area contributed by atoms with E-state index in [1.807, 2.05) is 12.1 Å². The van der Waals surface area contributed by atoms with Crippen LogP contribution in [0.4, 0.5) is 0 Å². The van der Waals surface area contributed by atoms with Gasteiger partial charge in [-0.05, 0) is 71.3 Å². The molecule has 3 heteroatoms. The van der Waals surface area contributed by atoms with Gasteiger partial charge < -0.3 is 13.6 Å². The van der Waals surface area contributed by atoms with E-state index in [1.165, 1.54) is 54.7 Å². The van der Waals surface area contributed by atoms with Crippen molar-refractivity contribution >= 4 is 65.6 Å². The summed E-state index contributed by atoms with van der Waals surface area (Å²) in [6.45, 7) is 0. The Kier molecular flexibility index (Phi) is 5.96. The summed E-state index contributed by atoms with van der Waals surface area (Å²) in [7, 11) is 0. The quantitative estimate of drug-likeness (QED) is 0.186. The Balaban J connectivity index is 1.10. The molecule has 238 valence electrons. The van der Waals surface area contributed by atoms with Crippen LogP contribution in [0, 0.1) is 0 Å². The molecule has 3 aromatic heterocycles. The summed E-state index contributed by atoms with van der Waals surface area (Å²) in [6, 6.07) is 65.4. The molecule has 0 aliphatic carbocycles. The average molecular weight is 651 g/mol. The van der Waals surface area contributed by atoms with Gasteiger partial charge in [-0.2, -0.15) is 0 Å². The van der Waals surface area contributed by atoms with Crippen LogP contribution in [0.3, 0.4) is 0 Å². The minimum atomic E-state index is 0.915. The Bertz CT molecular complexity index is 3100. The zero-order valence-corrected chi connectivity index (χ0v) is 27.6. The van der Waals surface area contributed by atoms with Gasteiger partial charge in [-0.3, -0.25) is 0 Å². The van der Waals surface area contributed by atoms with Crippen LogP contribution in [0.5, 0.6) is 0 Å². The van der Waals surface area contributed by atoms with E-state index in [1.54, 1.807) is 0 Å². The molecule has 0 saturated carbocycles. The zero-order valence-electron chi connectivity index (χ0n) is 27.6. The largest absolute Gasteiger partial charge is 0.455 e. The number of para-hydroxylation sites is 4. The Morgan fingerprint density at radius 1 is 0.314 bits per heavy atom. The molecule has 0 bridgehead atoms. The molecule has 0 radical (unpaired) electrons. The lowest BCUT2D eigenvalue weighted by Gasteiger charge is -2.11. The molecule has 0 aliphatic rings. The zero-order chi connectivity index (χ0) is 33.5. The van der Waals surface area contributed by atoms with Crippen molar-refractivity contribution in [1.82, 2.24) is 9.13 Å². The first-order valence-electron chi connectivity index (χ1n) is 17.4. The number of nitrogens with zero attached hydrogens (tertiary/aromatic N) is 2. The summed E-state index contributed by atoms with van der Waals surface area (Å²) in [6.07, 6.45) is 0. The maximum absolute atomic E-state index is 6.38. The summed E-state index contributed by atoms with van der Waals surface area (Å²) in [5.41, 5.74) is 13.6. The third-order valence-electron chi connectivity index (χ3n) is 10.5. The number of hydrogen-bond acceptors (Lipinski definition) is 1. The molecular formula is C48H30N2O. The van der Waals surface area contributed by atoms with E-state index >= 15 is 0 Å². The molecule has 0 spiro atoms. The molecule has 0 atom stereocenters. The second-order valence-electron chi connectivity index (χ2n) is 13.3. The van der Waals surface area contributed by atoms with Gasteiger partial charge in [-0.1, -0.05) is 127 Å². The SMILES string of the molecule is c1ccc(-c2ccc(-n3c4ccccc4c4c5c6ccccc6n(-c6ccc(-c7cccc8c7oc7ccccc78)cc6)c5ccc43)cc2)cc1. The average Bonchev–Trinajstić information content (AvgIpc) is 3.86. The van der Waals surface area contributed by atoms with E-state index in [0.29, 0.717) is 0 Å². The van der Waals surface area contributed by atoms with E-state index in [2.05, 4.69) is 179 Å². The van der Waals surface area contributed by atoms with Gasteiger partial charge in [0.25, 0.3) is 0 Å². The number of benzene rings is 8. The van der Waals surface area contributed by atoms with Gasteiger partial charge in [-0.15, -0.1) is 0 Å². The highest BCUT2D eigenvalue weighted by Crippen LogP contribution is 2.43. The van der Waals surface area contributed by atoms with E-state index in [9.17, 15) is 0 Å². The molecule has 0 N–H and O–H groups in total. The van der Waals surface area contributed by atoms with Crippen molar-refractivity contribution in [1.29, 1.82) is 0 Å². The first kappa shape index (κ1) is 28.0. The molecule has 8 aromatic carbocycles. The first-order chi connectivity index (χ1) is 25.3. The summed E-state index contributed by atoms with van der Waals surface area (Å²) >= 11 is 0. The van der Waals surface area contributed by atoms with Gasteiger partial charge in [0.1, 0.15) is 11.2 Å². The smallest absolute Gasteiger partial charge is 0.143 e. The maximum Gasteiger partial charge on any atom is 0.143 e. The first-order valence-corrected chi connectivity index (χ1v) is 17.4. The monoisotopic (exact) mass is 650 g/mol. The molecule has 51 heavy (non-hydrogen) atoms. The molecule has 0 fully saturated rings. The normalized spacial score (nSPS) is 11.9. The van der Waals surface area contributed by atoms with Crippen LogP contribution in [0.25, 0.3) is 99.2 Å². The fourth-order valence-corrected chi connectivity index (χ4v) is 8.27. The topological polar surface area (TPSA) is 23.0 Å². The van der Waals surface area contributed by atoms with E-state index < -0.39 is 0 Å². The maximum atomic E-state index is 6.38. The van der Waals surface area contributed by atoms with E-state index in [4.69, 9.17) is 4.42 Å². The van der Waals surface area contributed by atoms with Gasteiger partial charge >= 0.3 is 0 Å². The van der Waals surface area contributed by atoms with Crippen molar-refractivity contribution in [2.45, 2.75) is 0 Å². The summed E-state index contributed by atoms with van der Waals surface area (Å²) in [5.74, 6) is 0. The van der Waals surface area contributed by atoms with Crippen LogP contribution in [0.2, 0.25) is 0 Å². The van der Waals surface area contributed by atoms with Crippen LogP contribution in [-0.2, 0) is 0 Å². The molecule has 11 rings (SSSR count). The Morgan fingerprint density at radius 3 is 1.43 bits per heavy atom. The van der Waals surface area contributed by atoms with Crippen LogP contribution in [0.15, 0.2) is 186 Å². The summed E-state index contributed by atoms with van der Waals surface area (Å²) in [5, 5.41) is 7.34. The number of rotatable bonds is 4. The van der Waals surface area contributed by atoms with Crippen LogP contribution < -0.4 is 0 Å². The van der Waals surface area contributed by atoms with Crippen molar-refractivity contribution in [3.8, 4) is 33.6 Å². The predicted octanol–water partition coefficient (Wildman–Crippen LogP) is 13.1. The van der Waals surface area contributed by atoms with Crippen molar-refractivity contribution in [2.24, 2.45) is 0 Å². The Labute approximate surface area is 293 Å². The minimum Gasteiger partial charge on any atom is -0.455 e. The molecule has 3 nitrogen and oxygen atoms in total. The molecule has 11 aromatic rings. The third kappa shape index (κ3) is 4.12. The molecule has 0 saturated heterocycles. The molecule has 0 aliphatic heterocycles. The van der Waals surface area contributed by atoms with Gasteiger partial charge in [0.15, 0.2) is 0 Å². The number of hydrogen-bond donors (Lipinski definition) is 0. The van der Waals surface area contributed by atoms with Crippen molar-refractivity contribution in [3.05, 3.63) is 182 Å². The number of fused-ring (bicyclic) bond motifs is 10. The lowest BCUT2D eigenvalue weighted by Crippen LogP contribution is -1.95. The lowest BCUT2D eigenvalue weighted by molar-refractivity contribution is 0.670. The van der Waals surface area contributed by atoms with E-state index in [-0.39, 0.29) is 0 Å². The number of furan rings is 1. The van der Waals surface area contributed by atoms with Gasteiger partial charge in [-0.25, -0.2) is 0 Å². The van der Waals surface area contributed by atoms with Crippen LogP contribution in [-0.4, -0.2) is 9.13 Å². The van der Waals surface area contributed by atoms with E-state index in [0.717, 1.165) is 44.4 Å². The van der Waals surface area contributed by atoms with Crippen LogP contribution >= 0.6 is 0 Å². The summed E-state index contributed by atoms with van der Waals surface area (Å²) in [4.78, 5) is 0. The van der Waals surface area contributed by atoms with Crippen molar-refractivity contribution in [2.75, 3.05) is 0 Å². The standard InChI is InChI=1S/C48H30N2O/c1-2-11-31(12-3-1)32-21-25-34(26-22-32)49-41-18-7-4-14-39(41)46-43(49)29-30-44-47(46)40-15-5-8-19-42(40)50(44)35-27-23-33(24-28-35)36-16-10-17-38-37-13-6-9-20-45(37)51-48(36)38/h1-30H. The molecule has 3 heterocycles. The number of aromatic nitrogens is 2. The highest BCUT2D eigenvalue weighted by Gasteiger charge is 2.20. The third-order valence-corrected chi connectivity index (χ3v) is 10.5. The highest BCUT2D eigenvalue weighted by molar-refractivity contribution is 6.29. The Hall–Kier alpha value is -6.84. The van der Waals surface area contributed by atoms with Gasteiger partial charge in [0.05, 0.1) is 22.1 Å². The predicted molar refractivity (Wildman–Crippen MR) is 213 cm³/mol.